The predicted octanol–water partition coefficient (Wildman–Crippen LogP) is 2.96. The highest BCUT2D eigenvalue weighted by atomic mass is 32.2. The lowest BCUT2D eigenvalue weighted by molar-refractivity contribution is 0.111. The van der Waals surface area contributed by atoms with Crippen molar-refractivity contribution in [1.82, 2.24) is 9.29 Å². The van der Waals surface area contributed by atoms with Gasteiger partial charge in [0.05, 0.1) is 0 Å². The van der Waals surface area contributed by atoms with Gasteiger partial charge in [-0.2, -0.15) is 0 Å². The minimum atomic E-state index is 0.519. The van der Waals surface area contributed by atoms with Crippen molar-refractivity contribution < 1.29 is 4.79 Å². The van der Waals surface area contributed by atoms with Crippen LogP contribution < -0.4 is 0 Å². The molecule has 3 rings (SSSR count). The van der Waals surface area contributed by atoms with Gasteiger partial charge in [0.25, 0.3) is 0 Å². The second-order valence-corrected chi connectivity index (χ2v) is 5.68. The summed E-state index contributed by atoms with van der Waals surface area (Å²) in [5, 5.41) is 0. The normalized spacial score (nSPS) is 14.9. The fourth-order valence-electron chi connectivity index (χ4n) is 2.20. The van der Waals surface area contributed by atoms with Crippen molar-refractivity contribution in [2.45, 2.75) is 17.9 Å². The summed E-state index contributed by atoms with van der Waals surface area (Å²) in [6, 6.07) is 12.3. The number of carbonyl (C=O) groups excluding carboxylic acids is 1. The lowest BCUT2D eigenvalue weighted by Crippen LogP contribution is -2.25. The van der Waals surface area contributed by atoms with Crippen LogP contribution in [0.3, 0.4) is 0 Å². The molecule has 4 heteroatoms. The highest BCUT2D eigenvalue weighted by Crippen LogP contribution is 2.28. The number of aromatic nitrogens is 1. The Kier molecular flexibility index (Phi) is 3.62. The maximum Gasteiger partial charge on any atom is 0.168 e. The molecule has 0 aliphatic carbocycles. The minimum absolute atomic E-state index is 0.519. The molecule has 96 valence electrons. The van der Waals surface area contributed by atoms with E-state index in [1.165, 1.54) is 16.0 Å². The SMILES string of the molecule is O=Cc1cc2c(cn1)CCN(Sc1ccccc1)C2. The van der Waals surface area contributed by atoms with E-state index < -0.39 is 0 Å². The Morgan fingerprint density at radius 1 is 1.21 bits per heavy atom. The van der Waals surface area contributed by atoms with Crippen LogP contribution in [0.4, 0.5) is 0 Å². The van der Waals surface area contributed by atoms with Gasteiger partial charge >= 0.3 is 0 Å². The van der Waals surface area contributed by atoms with Crippen molar-refractivity contribution in [2.24, 2.45) is 0 Å². The van der Waals surface area contributed by atoms with Crippen molar-refractivity contribution in [3.63, 3.8) is 0 Å². The minimum Gasteiger partial charge on any atom is -0.296 e. The average Bonchev–Trinajstić information content (AvgIpc) is 2.47. The molecule has 19 heavy (non-hydrogen) atoms. The molecule has 0 fully saturated rings. The van der Waals surface area contributed by atoms with Gasteiger partial charge in [-0.05, 0) is 47.7 Å². The number of carbonyl (C=O) groups is 1. The van der Waals surface area contributed by atoms with E-state index in [1.54, 1.807) is 11.9 Å². The lowest BCUT2D eigenvalue weighted by atomic mass is 10.0. The molecule has 1 aromatic heterocycles. The summed E-state index contributed by atoms with van der Waals surface area (Å²) >= 11 is 1.77. The Hall–Kier alpha value is -1.65. The van der Waals surface area contributed by atoms with E-state index in [1.807, 2.05) is 18.3 Å². The third-order valence-corrected chi connectivity index (χ3v) is 4.23. The molecule has 0 saturated heterocycles. The Labute approximate surface area is 116 Å². The summed E-state index contributed by atoms with van der Waals surface area (Å²) in [6.45, 7) is 1.87. The first-order valence-corrected chi connectivity index (χ1v) is 7.03. The average molecular weight is 270 g/mol. The van der Waals surface area contributed by atoms with Crippen LogP contribution in [-0.2, 0) is 13.0 Å². The van der Waals surface area contributed by atoms with E-state index in [9.17, 15) is 4.79 Å². The standard InChI is InChI=1S/C15H14N2OS/c18-11-14-8-13-10-17(7-6-12(13)9-16-14)19-15-4-2-1-3-5-15/h1-5,8-9,11H,6-7,10H2. The van der Waals surface area contributed by atoms with Gasteiger partial charge in [0.1, 0.15) is 5.69 Å². The quantitative estimate of drug-likeness (QED) is 0.634. The predicted molar refractivity (Wildman–Crippen MR) is 76.0 cm³/mol. The first-order valence-electron chi connectivity index (χ1n) is 6.26. The van der Waals surface area contributed by atoms with Crippen molar-refractivity contribution in [3.8, 4) is 0 Å². The van der Waals surface area contributed by atoms with Gasteiger partial charge in [0, 0.05) is 24.2 Å². The van der Waals surface area contributed by atoms with Crippen LogP contribution in [0.15, 0.2) is 47.5 Å². The number of hydrogen-bond acceptors (Lipinski definition) is 4. The second kappa shape index (κ2) is 5.55. The van der Waals surface area contributed by atoms with Crippen LogP contribution in [0.5, 0.6) is 0 Å². The molecular formula is C15H14N2OS. The summed E-state index contributed by atoms with van der Waals surface area (Å²) in [7, 11) is 0. The van der Waals surface area contributed by atoms with Crippen LogP contribution in [-0.4, -0.2) is 22.1 Å². The zero-order valence-corrected chi connectivity index (χ0v) is 11.3. The third-order valence-electron chi connectivity index (χ3n) is 3.18. The summed E-state index contributed by atoms with van der Waals surface area (Å²) in [4.78, 5) is 16.2. The number of rotatable bonds is 3. The molecule has 3 nitrogen and oxygen atoms in total. The van der Waals surface area contributed by atoms with E-state index in [0.717, 1.165) is 25.8 Å². The number of benzene rings is 1. The first-order chi connectivity index (χ1) is 9.35. The molecule has 0 amide bonds. The highest BCUT2D eigenvalue weighted by Gasteiger charge is 2.17. The van der Waals surface area contributed by atoms with E-state index in [0.29, 0.717) is 5.69 Å². The summed E-state index contributed by atoms with van der Waals surface area (Å²) in [5.41, 5.74) is 2.99. The largest absolute Gasteiger partial charge is 0.296 e. The van der Waals surface area contributed by atoms with Crippen molar-refractivity contribution in [1.29, 1.82) is 0 Å². The molecule has 0 bridgehead atoms. The first kappa shape index (κ1) is 12.4. The van der Waals surface area contributed by atoms with E-state index in [4.69, 9.17) is 0 Å². The van der Waals surface area contributed by atoms with Gasteiger partial charge in [-0.1, -0.05) is 18.2 Å². The zero-order chi connectivity index (χ0) is 13.1. The molecule has 1 aliphatic rings. The maximum absolute atomic E-state index is 10.8. The Morgan fingerprint density at radius 3 is 2.84 bits per heavy atom. The summed E-state index contributed by atoms with van der Waals surface area (Å²) < 4.78 is 2.33. The zero-order valence-electron chi connectivity index (χ0n) is 10.5. The molecule has 0 N–H and O–H groups in total. The number of fused-ring (bicyclic) bond motifs is 1. The Bertz CT molecular complexity index is 586. The van der Waals surface area contributed by atoms with E-state index >= 15 is 0 Å². The molecule has 0 spiro atoms. The molecule has 1 aromatic carbocycles. The Morgan fingerprint density at radius 2 is 2.05 bits per heavy atom. The lowest BCUT2D eigenvalue weighted by Gasteiger charge is -2.27. The van der Waals surface area contributed by atoms with Gasteiger partial charge in [0.15, 0.2) is 6.29 Å². The van der Waals surface area contributed by atoms with Gasteiger partial charge in [-0.25, -0.2) is 4.31 Å². The monoisotopic (exact) mass is 270 g/mol. The van der Waals surface area contributed by atoms with Crippen molar-refractivity contribution in [3.05, 3.63) is 59.4 Å². The van der Waals surface area contributed by atoms with Crippen LogP contribution in [0.2, 0.25) is 0 Å². The molecule has 0 unspecified atom stereocenters. The fraction of sp³-hybridized carbons (Fsp3) is 0.200. The molecule has 0 radical (unpaired) electrons. The molecular weight excluding hydrogens is 256 g/mol. The second-order valence-electron chi connectivity index (χ2n) is 4.51. The number of hydrogen-bond donors (Lipinski definition) is 0. The van der Waals surface area contributed by atoms with Gasteiger partial charge in [-0.15, -0.1) is 0 Å². The van der Waals surface area contributed by atoms with Gasteiger partial charge < -0.3 is 0 Å². The summed E-state index contributed by atoms with van der Waals surface area (Å²) in [5.74, 6) is 0. The fourth-order valence-corrected chi connectivity index (χ4v) is 3.17. The highest BCUT2D eigenvalue weighted by molar-refractivity contribution is 7.97. The molecule has 2 heterocycles. The van der Waals surface area contributed by atoms with Crippen LogP contribution in [0.1, 0.15) is 21.6 Å². The van der Waals surface area contributed by atoms with E-state index in [2.05, 4.69) is 33.6 Å². The topological polar surface area (TPSA) is 33.2 Å². The van der Waals surface area contributed by atoms with Gasteiger partial charge in [0.2, 0.25) is 0 Å². The molecule has 2 aromatic rings. The van der Waals surface area contributed by atoms with E-state index in [-0.39, 0.29) is 0 Å². The molecule has 0 saturated carbocycles. The van der Waals surface area contributed by atoms with Crippen LogP contribution in [0, 0.1) is 0 Å². The van der Waals surface area contributed by atoms with Gasteiger partial charge in [-0.3, -0.25) is 9.78 Å². The molecule has 1 aliphatic heterocycles. The maximum atomic E-state index is 10.8. The number of pyridine rings is 1. The van der Waals surface area contributed by atoms with Crippen molar-refractivity contribution >= 4 is 18.2 Å². The van der Waals surface area contributed by atoms with Crippen molar-refractivity contribution in [2.75, 3.05) is 6.54 Å². The molecule has 0 atom stereocenters. The number of aldehydes is 1. The smallest absolute Gasteiger partial charge is 0.168 e. The third kappa shape index (κ3) is 2.85. The summed E-state index contributed by atoms with van der Waals surface area (Å²) in [6.07, 6.45) is 3.63. The Balaban J connectivity index is 1.76. The van der Waals surface area contributed by atoms with Crippen LogP contribution in [0.25, 0.3) is 0 Å². The van der Waals surface area contributed by atoms with Crippen LogP contribution >= 0.6 is 11.9 Å². The number of nitrogens with zero attached hydrogens (tertiary/aromatic N) is 2.